The molecule has 0 fully saturated rings. The van der Waals surface area contributed by atoms with Gasteiger partial charge in [-0.3, -0.25) is 4.79 Å². The lowest BCUT2D eigenvalue weighted by Gasteiger charge is -2.23. The molecule has 0 aliphatic rings. The van der Waals surface area contributed by atoms with Crippen LogP contribution in [0.5, 0.6) is 0 Å². The summed E-state index contributed by atoms with van der Waals surface area (Å²) in [5.41, 5.74) is 4.99. The Hall–Kier alpha value is -0.780. The van der Waals surface area contributed by atoms with Gasteiger partial charge >= 0.3 is 12.1 Å². The highest BCUT2D eigenvalue weighted by Gasteiger charge is 2.44. The quantitative estimate of drug-likeness (QED) is 0.750. The van der Waals surface area contributed by atoms with Crippen molar-refractivity contribution in [1.29, 1.82) is 0 Å². The van der Waals surface area contributed by atoms with Crippen LogP contribution in [0.3, 0.4) is 0 Å². The van der Waals surface area contributed by atoms with E-state index in [-0.39, 0.29) is 18.9 Å². The standard InChI is InChI=1S/C10H18F3NO2/c1-4-7(8(14)10(11,12)13)9(15)16-5-6(2)3/h6-8H,4-5,14H2,1-3H3/t7-,8-/m1/s1. The van der Waals surface area contributed by atoms with Gasteiger partial charge in [-0.2, -0.15) is 13.2 Å². The molecule has 0 heterocycles. The van der Waals surface area contributed by atoms with E-state index in [1.807, 2.05) is 0 Å². The highest BCUT2D eigenvalue weighted by atomic mass is 19.4. The van der Waals surface area contributed by atoms with Crippen molar-refractivity contribution in [3.05, 3.63) is 0 Å². The minimum Gasteiger partial charge on any atom is -0.465 e. The van der Waals surface area contributed by atoms with E-state index in [4.69, 9.17) is 10.5 Å². The first kappa shape index (κ1) is 15.2. The lowest BCUT2D eigenvalue weighted by molar-refractivity contribution is -0.177. The first-order chi connectivity index (χ1) is 7.20. The van der Waals surface area contributed by atoms with Crippen LogP contribution in [0.1, 0.15) is 27.2 Å². The van der Waals surface area contributed by atoms with Crippen LogP contribution in [-0.2, 0) is 9.53 Å². The number of alkyl halides is 3. The molecule has 2 atom stereocenters. The SMILES string of the molecule is CC[C@@H](C(=O)OCC(C)C)[C@@H](N)C(F)(F)F. The van der Waals surface area contributed by atoms with Gasteiger partial charge in [0, 0.05) is 0 Å². The molecule has 0 bridgehead atoms. The van der Waals surface area contributed by atoms with Crippen molar-refractivity contribution in [3.8, 4) is 0 Å². The minimum atomic E-state index is -4.57. The molecule has 0 aliphatic carbocycles. The number of hydrogen-bond donors (Lipinski definition) is 1. The summed E-state index contributed by atoms with van der Waals surface area (Å²) in [5, 5.41) is 0. The lowest BCUT2D eigenvalue weighted by Crippen LogP contribution is -2.47. The van der Waals surface area contributed by atoms with Crippen LogP contribution in [0.4, 0.5) is 13.2 Å². The topological polar surface area (TPSA) is 52.3 Å². The normalized spacial score (nSPS) is 16.0. The summed E-state index contributed by atoms with van der Waals surface area (Å²) in [6.45, 7) is 5.20. The second kappa shape index (κ2) is 6.08. The number of esters is 1. The monoisotopic (exact) mass is 241 g/mol. The molecule has 0 aliphatic heterocycles. The Morgan fingerprint density at radius 3 is 2.19 bits per heavy atom. The predicted molar refractivity (Wildman–Crippen MR) is 53.6 cm³/mol. The van der Waals surface area contributed by atoms with Gasteiger partial charge < -0.3 is 10.5 Å². The molecule has 3 nitrogen and oxygen atoms in total. The van der Waals surface area contributed by atoms with E-state index in [2.05, 4.69) is 0 Å². The van der Waals surface area contributed by atoms with Crippen LogP contribution in [0.25, 0.3) is 0 Å². The molecular formula is C10H18F3NO2. The highest BCUT2D eigenvalue weighted by Crippen LogP contribution is 2.26. The zero-order valence-corrected chi connectivity index (χ0v) is 9.67. The fraction of sp³-hybridized carbons (Fsp3) is 0.900. The molecule has 2 N–H and O–H groups in total. The summed E-state index contributed by atoms with van der Waals surface area (Å²) in [6, 6.07) is -2.16. The molecule has 6 heteroatoms. The smallest absolute Gasteiger partial charge is 0.404 e. The van der Waals surface area contributed by atoms with Gasteiger partial charge in [0.25, 0.3) is 0 Å². The van der Waals surface area contributed by atoms with E-state index < -0.39 is 24.1 Å². The maximum absolute atomic E-state index is 12.3. The average molecular weight is 241 g/mol. The van der Waals surface area contributed by atoms with Crippen molar-refractivity contribution in [2.24, 2.45) is 17.6 Å². The van der Waals surface area contributed by atoms with E-state index in [1.54, 1.807) is 13.8 Å². The summed E-state index contributed by atoms with van der Waals surface area (Å²) in [7, 11) is 0. The van der Waals surface area contributed by atoms with Crippen LogP contribution in [0, 0.1) is 11.8 Å². The highest BCUT2D eigenvalue weighted by molar-refractivity contribution is 5.73. The number of ether oxygens (including phenoxy) is 1. The van der Waals surface area contributed by atoms with Gasteiger partial charge in [0.15, 0.2) is 0 Å². The molecule has 0 aromatic heterocycles. The summed E-state index contributed by atoms with van der Waals surface area (Å²) in [5.74, 6) is -2.11. The predicted octanol–water partition coefficient (Wildman–Crippen LogP) is 2.10. The molecule has 96 valence electrons. The van der Waals surface area contributed by atoms with E-state index in [1.165, 1.54) is 6.92 Å². The fourth-order valence-electron chi connectivity index (χ4n) is 1.15. The molecular weight excluding hydrogens is 223 g/mol. The molecule has 0 spiro atoms. The Morgan fingerprint density at radius 2 is 1.88 bits per heavy atom. The first-order valence-electron chi connectivity index (χ1n) is 5.19. The van der Waals surface area contributed by atoms with E-state index in [0.717, 1.165) is 0 Å². The summed E-state index contributed by atoms with van der Waals surface area (Å²) in [4.78, 5) is 11.4. The Labute approximate surface area is 93.1 Å². The van der Waals surface area contributed by atoms with Crippen molar-refractivity contribution in [2.75, 3.05) is 6.61 Å². The second-order valence-electron chi connectivity index (χ2n) is 4.11. The Kier molecular flexibility index (Phi) is 5.78. The number of nitrogens with two attached hydrogens (primary N) is 1. The number of rotatable bonds is 5. The van der Waals surface area contributed by atoms with Crippen LogP contribution in [0.2, 0.25) is 0 Å². The largest absolute Gasteiger partial charge is 0.465 e. The molecule has 0 saturated carbocycles. The fourth-order valence-corrected chi connectivity index (χ4v) is 1.15. The maximum atomic E-state index is 12.3. The van der Waals surface area contributed by atoms with Crippen molar-refractivity contribution < 1.29 is 22.7 Å². The molecule has 0 radical (unpaired) electrons. The Bertz CT molecular complexity index is 229. The molecule has 16 heavy (non-hydrogen) atoms. The van der Waals surface area contributed by atoms with Gasteiger partial charge in [0.2, 0.25) is 0 Å². The number of halogens is 3. The zero-order valence-electron chi connectivity index (χ0n) is 9.67. The molecule has 0 aromatic rings. The Morgan fingerprint density at radius 1 is 1.38 bits per heavy atom. The molecule has 0 saturated heterocycles. The molecule has 0 unspecified atom stereocenters. The van der Waals surface area contributed by atoms with Gasteiger partial charge in [0.05, 0.1) is 12.5 Å². The van der Waals surface area contributed by atoms with Gasteiger partial charge in [-0.1, -0.05) is 20.8 Å². The van der Waals surface area contributed by atoms with Crippen LogP contribution in [0.15, 0.2) is 0 Å². The van der Waals surface area contributed by atoms with E-state index in [9.17, 15) is 18.0 Å². The van der Waals surface area contributed by atoms with Crippen LogP contribution >= 0.6 is 0 Å². The summed E-state index contributed by atoms with van der Waals surface area (Å²) < 4.78 is 41.7. The van der Waals surface area contributed by atoms with Crippen LogP contribution < -0.4 is 5.73 Å². The molecule has 0 amide bonds. The third kappa shape index (κ3) is 4.83. The maximum Gasteiger partial charge on any atom is 0.404 e. The second-order valence-corrected chi connectivity index (χ2v) is 4.11. The van der Waals surface area contributed by atoms with Crippen molar-refractivity contribution in [1.82, 2.24) is 0 Å². The van der Waals surface area contributed by atoms with E-state index in [0.29, 0.717) is 0 Å². The third-order valence-electron chi connectivity index (χ3n) is 2.11. The average Bonchev–Trinajstić information content (AvgIpc) is 2.14. The van der Waals surface area contributed by atoms with E-state index >= 15 is 0 Å². The molecule has 0 aromatic carbocycles. The number of hydrogen-bond acceptors (Lipinski definition) is 3. The first-order valence-corrected chi connectivity index (χ1v) is 5.19. The molecule has 0 rings (SSSR count). The van der Waals surface area contributed by atoms with Gasteiger partial charge in [-0.05, 0) is 12.3 Å². The summed E-state index contributed by atoms with van der Waals surface area (Å²) in [6.07, 6.45) is -4.56. The van der Waals surface area contributed by atoms with Crippen molar-refractivity contribution in [3.63, 3.8) is 0 Å². The van der Waals surface area contributed by atoms with Gasteiger partial charge in [-0.15, -0.1) is 0 Å². The van der Waals surface area contributed by atoms with Crippen LogP contribution in [-0.4, -0.2) is 24.8 Å². The van der Waals surface area contributed by atoms with Gasteiger partial charge in [0.1, 0.15) is 6.04 Å². The summed E-state index contributed by atoms with van der Waals surface area (Å²) >= 11 is 0. The third-order valence-corrected chi connectivity index (χ3v) is 2.11. The number of carbonyl (C=O) groups is 1. The Balaban J connectivity index is 4.43. The number of carbonyl (C=O) groups excluding carboxylic acids is 1. The van der Waals surface area contributed by atoms with Gasteiger partial charge in [-0.25, -0.2) is 0 Å². The van der Waals surface area contributed by atoms with Crippen molar-refractivity contribution >= 4 is 5.97 Å². The van der Waals surface area contributed by atoms with Crippen molar-refractivity contribution in [2.45, 2.75) is 39.4 Å². The zero-order chi connectivity index (χ0) is 12.9. The minimum absolute atomic E-state index is 0.0115. The lowest BCUT2D eigenvalue weighted by atomic mass is 9.97.